The van der Waals surface area contributed by atoms with Crippen LogP contribution in [-0.2, 0) is 13.0 Å². The zero-order valence-electron chi connectivity index (χ0n) is 9.25. The third-order valence-electron chi connectivity index (χ3n) is 2.81. The van der Waals surface area contributed by atoms with Crippen molar-refractivity contribution in [3.8, 4) is 0 Å². The number of carbonyl (C=O) groups excluding carboxylic acids is 1. The number of rotatable bonds is 3. The second-order valence-corrected chi connectivity index (χ2v) is 3.91. The number of hydrogen-bond acceptors (Lipinski definition) is 3. The summed E-state index contributed by atoms with van der Waals surface area (Å²) in [5.74, 6) is -0.01000. The average molecular weight is 219 g/mol. The fourth-order valence-electron chi connectivity index (χ4n) is 2.03. The van der Waals surface area contributed by atoms with Crippen LogP contribution in [0, 0.1) is 0 Å². The molecule has 4 N–H and O–H groups in total. The van der Waals surface area contributed by atoms with E-state index in [4.69, 9.17) is 5.73 Å². The molecular weight excluding hydrogens is 202 g/mol. The zero-order valence-corrected chi connectivity index (χ0v) is 9.25. The molecule has 16 heavy (non-hydrogen) atoms. The highest BCUT2D eigenvalue weighted by molar-refractivity contribution is 5.96. The highest BCUT2D eigenvalue weighted by atomic mass is 16.1. The third kappa shape index (κ3) is 2.23. The Morgan fingerprint density at radius 3 is 3.19 bits per heavy atom. The van der Waals surface area contributed by atoms with Crippen molar-refractivity contribution in [2.45, 2.75) is 13.0 Å². The van der Waals surface area contributed by atoms with Crippen LogP contribution in [0.4, 0.5) is 0 Å². The Labute approximate surface area is 95.2 Å². The minimum Gasteiger partial charge on any atom is -0.351 e. The van der Waals surface area contributed by atoms with Gasteiger partial charge in [-0.2, -0.15) is 0 Å². The highest BCUT2D eigenvalue weighted by Gasteiger charge is 2.16. The van der Waals surface area contributed by atoms with E-state index in [2.05, 4.69) is 16.7 Å². The summed E-state index contributed by atoms with van der Waals surface area (Å²) < 4.78 is 0. The van der Waals surface area contributed by atoms with E-state index >= 15 is 0 Å². The largest absolute Gasteiger partial charge is 0.351 e. The lowest BCUT2D eigenvalue weighted by atomic mass is 9.95. The Kier molecular flexibility index (Phi) is 3.54. The van der Waals surface area contributed by atoms with Crippen LogP contribution in [0.5, 0.6) is 0 Å². The normalized spacial score (nSPS) is 14.3. The van der Waals surface area contributed by atoms with E-state index in [9.17, 15) is 4.79 Å². The first-order valence-electron chi connectivity index (χ1n) is 5.62. The Bertz CT molecular complexity index is 390. The number of hydrogen-bond donors (Lipinski definition) is 3. The zero-order chi connectivity index (χ0) is 11.4. The van der Waals surface area contributed by atoms with Crippen LogP contribution in [0.25, 0.3) is 0 Å². The second kappa shape index (κ2) is 5.09. The molecule has 0 spiro atoms. The maximum atomic E-state index is 11.9. The van der Waals surface area contributed by atoms with Gasteiger partial charge in [0.05, 0.1) is 0 Å². The summed E-state index contributed by atoms with van der Waals surface area (Å²) in [6, 6.07) is 5.89. The summed E-state index contributed by atoms with van der Waals surface area (Å²) in [4.78, 5) is 11.9. The van der Waals surface area contributed by atoms with E-state index in [1.165, 1.54) is 11.1 Å². The molecule has 0 aromatic heterocycles. The molecule has 1 aliphatic rings. The highest BCUT2D eigenvalue weighted by Crippen LogP contribution is 2.18. The van der Waals surface area contributed by atoms with Gasteiger partial charge in [0, 0.05) is 25.2 Å². The van der Waals surface area contributed by atoms with Crippen LogP contribution in [0.15, 0.2) is 18.2 Å². The van der Waals surface area contributed by atoms with Crippen molar-refractivity contribution in [1.82, 2.24) is 10.6 Å². The molecule has 1 amide bonds. The molecule has 1 aromatic rings. The standard InChI is InChI=1S/C12H17N3O/c13-5-7-15-12(16)11-3-1-2-9-8-14-6-4-10(9)11/h1-3,14H,4-8,13H2,(H,15,16). The van der Waals surface area contributed by atoms with Gasteiger partial charge in [-0.25, -0.2) is 0 Å². The number of amides is 1. The van der Waals surface area contributed by atoms with Crippen molar-refractivity contribution in [3.05, 3.63) is 34.9 Å². The molecule has 1 heterocycles. The predicted octanol–water partition coefficient (Wildman–Crippen LogP) is 0.0208. The van der Waals surface area contributed by atoms with Crippen molar-refractivity contribution in [1.29, 1.82) is 0 Å². The van der Waals surface area contributed by atoms with E-state index in [0.717, 1.165) is 25.1 Å². The maximum Gasteiger partial charge on any atom is 0.251 e. The smallest absolute Gasteiger partial charge is 0.251 e. The SMILES string of the molecule is NCCNC(=O)c1cccc2c1CCNC2. The van der Waals surface area contributed by atoms with Gasteiger partial charge in [-0.3, -0.25) is 4.79 Å². The van der Waals surface area contributed by atoms with E-state index < -0.39 is 0 Å². The molecule has 1 aromatic carbocycles. The molecule has 0 unspecified atom stereocenters. The summed E-state index contributed by atoms with van der Waals surface area (Å²) >= 11 is 0. The van der Waals surface area contributed by atoms with Gasteiger partial charge < -0.3 is 16.4 Å². The quantitative estimate of drug-likeness (QED) is 0.671. The predicted molar refractivity (Wildman–Crippen MR) is 63.2 cm³/mol. The fraction of sp³-hybridized carbons (Fsp3) is 0.417. The second-order valence-electron chi connectivity index (χ2n) is 3.91. The van der Waals surface area contributed by atoms with Gasteiger partial charge in [0.15, 0.2) is 0 Å². The molecule has 1 aliphatic heterocycles. The summed E-state index contributed by atoms with van der Waals surface area (Å²) in [5, 5.41) is 6.11. The average Bonchev–Trinajstić information content (AvgIpc) is 2.35. The molecule has 0 atom stereocenters. The minimum absolute atomic E-state index is 0.01000. The Balaban J connectivity index is 2.23. The Hall–Kier alpha value is -1.39. The van der Waals surface area contributed by atoms with Gasteiger partial charge in [-0.15, -0.1) is 0 Å². The first-order valence-corrected chi connectivity index (χ1v) is 5.62. The lowest BCUT2D eigenvalue weighted by Crippen LogP contribution is -2.32. The molecule has 4 nitrogen and oxygen atoms in total. The third-order valence-corrected chi connectivity index (χ3v) is 2.81. The number of nitrogens with one attached hydrogen (secondary N) is 2. The van der Waals surface area contributed by atoms with Gasteiger partial charge in [0.25, 0.3) is 5.91 Å². The summed E-state index contributed by atoms with van der Waals surface area (Å²) in [6.07, 6.45) is 0.918. The number of fused-ring (bicyclic) bond motifs is 1. The summed E-state index contributed by atoms with van der Waals surface area (Å²) in [6.45, 7) is 2.80. The van der Waals surface area contributed by atoms with Gasteiger partial charge in [0.1, 0.15) is 0 Å². The monoisotopic (exact) mass is 219 g/mol. The van der Waals surface area contributed by atoms with Crippen LogP contribution in [0.3, 0.4) is 0 Å². The molecule has 0 aliphatic carbocycles. The summed E-state index contributed by atoms with van der Waals surface area (Å²) in [5.41, 5.74) is 8.57. The maximum absolute atomic E-state index is 11.9. The van der Waals surface area contributed by atoms with E-state index in [0.29, 0.717) is 13.1 Å². The van der Waals surface area contributed by atoms with Crippen LogP contribution >= 0.6 is 0 Å². The molecule has 0 saturated heterocycles. The molecule has 2 rings (SSSR count). The van der Waals surface area contributed by atoms with E-state index in [1.54, 1.807) is 0 Å². The molecule has 86 valence electrons. The molecule has 4 heteroatoms. The number of benzene rings is 1. The van der Waals surface area contributed by atoms with Crippen LogP contribution in [0.1, 0.15) is 21.5 Å². The number of nitrogens with two attached hydrogens (primary N) is 1. The van der Waals surface area contributed by atoms with Crippen molar-refractivity contribution in [2.75, 3.05) is 19.6 Å². The van der Waals surface area contributed by atoms with E-state index in [-0.39, 0.29) is 5.91 Å². The number of carbonyl (C=O) groups is 1. The van der Waals surface area contributed by atoms with Crippen LogP contribution < -0.4 is 16.4 Å². The molecule has 0 bridgehead atoms. The Morgan fingerprint density at radius 2 is 2.38 bits per heavy atom. The first kappa shape index (κ1) is 11.1. The Morgan fingerprint density at radius 1 is 1.50 bits per heavy atom. The first-order chi connectivity index (χ1) is 7.83. The lowest BCUT2D eigenvalue weighted by molar-refractivity contribution is 0.0953. The molecule has 0 radical (unpaired) electrons. The topological polar surface area (TPSA) is 67.1 Å². The summed E-state index contributed by atoms with van der Waals surface area (Å²) in [7, 11) is 0. The van der Waals surface area contributed by atoms with Crippen LogP contribution in [-0.4, -0.2) is 25.5 Å². The van der Waals surface area contributed by atoms with Crippen molar-refractivity contribution < 1.29 is 4.79 Å². The van der Waals surface area contributed by atoms with Gasteiger partial charge in [-0.05, 0) is 30.2 Å². The van der Waals surface area contributed by atoms with Gasteiger partial charge >= 0.3 is 0 Å². The van der Waals surface area contributed by atoms with Crippen molar-refractivity contribution in [3.63, 3.8) is 0 Å². The van der Waals surface area contributed by atoms with Gasteiger partial charge in [-0.1, -0.05) is 12.1 Å². The van der Waals surface area contributed by atoms with E-state index in [1.807, 2.05) is 12.1 Å². The molecule has 0 saturated carbocycles. The minimum atomic E-state index is -0.01000. The molecular formula is C12H17N3O. The lowest BCUT2D eigenvalue weighted by Gasteiger charge is -2.19. The van der Waals surface area contributed by atoms with Crippen LogP contribution in [0.2, 0.25) is 0 Å². The van der Waals surface area contributed by atoms with Crippen molar-refractivity contribution >= 4 is 5.91 Å². The van der Waals surface area contributed by atoms with Crippen molar-refractivity contribution in [2.24, 2.45) is 5.73 Å². The fourth-order valence-corrected chi connectivity index (χ4v) is 2.03. The molecule has 0 fully saturated rings. The van der Waals surface area contributed by atoms with Gasteiger partial charge in [0.2, 0.25) is 0 Å².